The Morgan fingerprint density at radius 1 is 1.47 bits per heavy atom. The Hall–Kier alpha value is -0.570. The first-order chi connectivity index (χ1) is 7.11. The molecule has 1 aliphatic carbocycles. The fourth-order valence-corrected chi connectivity index (χ4v) is 2.31. The van der Waals surface area contributed by atoms with Crippen LogP contribution in [0.2, 0.25) is 0 Å². The lowest BCUT2D eigenvalue weighted by atomic mass is 9.88. The Kier molecular flexibility index (Phi) is 4.58. The van der Waals surface area contributed by atoms with Crippen LogP contribution in [0.25, 0.3) is 0 Å². The van der Waals surface area contributed by atoms with Crippen LogP contribution in [0.5, 0.6) is 0 Å². The zero-order chi connectivity index (χ0) is 11.3. The van der Waals surface area contributed by atoms with Gasteiger partial charge >= 0.3 is 0 Å². The van der Waals surface area contributed by atoms with Crippen molar-refractivity contribution in [2.45, 2.75) is 46.0 Å². The van der Waals surface area contributed by atoms with Gasteiger partial charge in [-0.25, -0.2) is 0 Å². The molecule has 1 saturated carbocycles. The van der Waals surface area contributed by atoms with Gasteiger partial charge in [-0.15, -0.1) is 0 Å². The normalized spacial score (nSPS) is 21.3. The molecule has 0 heterocycles. The van der Waals surface area contributed by atoms with Crippen molar-refractivity contribution in [1.82, 2.24) is 5.32 Å². The first kappa shape index (κ1) is 12.5. The number of carbonyl (C=O) groups excluding carboxylic acids is 1. The fraction of sp³-hybridized carbons (Fsp3) is 0.917. The van der Waals surface area contributed by atoms with E-state index in [1.807, 2.05) is 6.92 Å². The van der Waals surface area contributed by atoms with Crippen molar-refractivity contribution in [3.8, 4) is 0 Å². The first-order valence-corrected chi connectivity index (χ1v) is 6.09. The molecule has 3 heteroatoms. The monoisotopic (exact) mass is 212 g/mol. The van der Waals surface area contributed by atoms with Gasteiger partial charge in [-0.3, -0.25) is 4.79 Å². The van der Waals surface area contributed by atoms with Gasteiger partial charge in [0, 0.05) is 19.0 Å². The van der Waals surface area contributed by atoms with E-state index in [2.05, 4.69) is 12.2 Å². The zero-order valence-electron chi connectivity index (χ0n) is 10.0. The van der Waals surface area contributed by atoms with E-state index in [0.29, 0.717) is 12.0 Å². The predicted molar refractivity (Wildman–Crippen MR) is 62.4 cm³/mol. The van der Waals surface area contributed by atoms with Crippen molar-refractivity contribution >= 4 is 5.91 Å². The van der Waals surface area contributed by atoms with Crippen molar-refractivity contribution < 1.29 is 4.79 Å². The molecule has 0 aromatic carbocycles. The molecule has 0 aliphatic heterocycles. The predicted octanol–water partition coefficient (Wildman–Crippen LogP) is 1.67. The summed E-state index contributed by atoms with van der Waals surface area (Å²) in [5, 5.41) is 3.05. The van der Waals surface area contributed by atoms with Crippen molar-refractivity contribution in [1.29, 1.82) is 0 Å². The van der Waals surface area contributed by atoms with E-state index in [-0.39, 0.29) is 11.8 Å². The largest absolute Gasteiger partial charge is 0.355 e. The molecular weight excluding hydrogens is 188 g/mol. The topological polar surface area (TPSA) is 55.1 Å². The second kappa shape index (κ2) is 5.50. The molecular formula is C12H24N2O. The van der Waals surface area contributed by atoms with E-state index in [1.54, 1.807) is 0 Å². The molecule has 15 heavy (non-hydrogen) atoms. The van der Waals surface area contributed by atoms with Crippen molar-refractivity contribution in [2.24, 2.45) is 17.1 Å². The van der Waals surface area contributed by atoms with Gasteiger partial charge in [0.1, 0.15) is 0 Å². The maximum atomic E-state index is 11.7. The van der Waals surface area contributed by atoms with Crippen molar-refractivity contribution in [3.63, 3.8) is 0 Å². The summed E-state index contributed by atoms with van der Waals surface area (Å²) in [7, 11) is 0. The van der Waals surface area contributed by atoms with E-state index in [0.717, 1.165) is 13.0 Å². The van der Waals surface area contributed by atoms with Crippen LogP contribution < -0.4 is 11.1 Å². The van der Waals surface area contributed by atoms with Gasteiger partial charge in [0.05, 0.1) is 0 Å². The molecule has 0 spiro atoms. The lowest BCUT2D eigenvalue weighted by Crippen LogP contribution is -2.39. The molecule has 0 aromatic heterocycles. The Morgan fingerprint density at radius 3 is 2.53 bits per heavy atom. The molecule has 0 saturated heterocycles. The molecule has 1 aliphatic rings. The fourth-order valence-electron chi connectivity index (χ4n) is 2.31. The second-order valence-corrected chi connectivity index (χ2v) is 5.08. The molecule has 3 N–H and O–H groups in total. The Labute approximate surface area is 92.8 Å². The minimum atomic E-state index is -0.00463. The summed E-state index contributed by atoms with van der Waals surface area (Å²) in [6.07, 6.45) is 5.93. The average Bonchev–Trinajstić information content (AvgIpc) is 2.65. The van der Waals surface area contributed by atoms with Crippen LogP contribution in [0.1, 0.15) is 46.0 Å². The lowest BCUT2D eigenvalue weighted by molar-refractivity contribution is -0.125. The SMILES string of the molecule is CCC(CN)C(=O)NCC1(C)CCCC1. The minimum Gasteiger partial charge on any atom is -0.355 e. The maximum absolute atomic E-state index is 11.7. The summed E-state index contributed by atoms with van der Waals surface area (Å²) in [5.74, 6) is 0.128. The number of rotatable bonds is 5. The smallest absolute Gasteiger partial charge is 0.224 e. The third kappa shape index (κ3) is 3.49. The van der Waals surface area contributed by atoms with Gasteiger partial charge in [0.2, 0.25) is 5.91 Å². The van der Waals surface area contributed by atoms with E-state index in [4.69, 9.17) is 5.73 Å². The van der Waals surface area contributed by atoms with Gasteiger partial charge < -0.3 is 11.1 Å². The van der Waals surface area contributed by atoms with Crippen LogP contribution in [-0.4, -0.2) is 19.0 Å². The summed E-state index contributed by atoms with van der Waals surface area (Å²) >= 11 is 0. The molecule has 1 unspecified atom stereocenters. The third-order valence-electron chi connectivity index (χ3n) is 3.65. The molecule has 1 fully saturated rings. The summed E-state index contributed by atoms with van der Waals surface area (Å²) in [4.78, 5) is 11.7. The molecule has 88 valence electrons. The summed E-state index contributed by atoms with van der Waals surface area (Å²) < 4.78 is 0. The second-order valence-electron chi connectivity index (χ2n) is 5.08. The highest BCUT2D eigenvalue weighted by molar-refractivity contribution is 5.78. The van der Waals surface area contributed by atoms with Crippen LogP contribution in [-0.2, 0) is 4.79 Å². The van der Waals surface area contributed by atoms with Crippen LogP contribution in [0.3, 0.4) is 0 Å². The average molecular weight is 212 g/mol. The van der Waals surface area contributed by atoms with E-state index in [1.165, 1.54) is 25.7 Å². The molecule has 0 aromatic rings. The quantitative estimate of drug-likeness (QED) is 0.728. The Bertz CT molecular complexity index is 206. The van der Waals surface area contributed by atoms with Gasteiger partial charge in [0.15, 0.2) is 0 Å². The van der Waals surface area contributed by atoms with Gasteiger partial charge in [-0.05, 0) is 24.7 Å². The number of nitrogens with two attached hydrogens (primary N) is 1. The summed E-state index contributed by atoms with van der Waals surface area (Å²) in [6, 6.07) is 0. The van der Waals surface area contributed by atoms with Crippen molar-refractivity contribution in [3.05, 3.63) is 0 Å². The molecule has 1 rings (SSSR count). The number of hydrogen-bond acceptors (Lipinski definition) is 2. The van der Waals surface area contributed by atoms with Gasteiger partial charge in [-0.1, -0.05) is 26.7 Å². The highest BCUT2D eigenvalue weighted by atomic mass is 16.1. The number of nitrogens with one attached hydrogen (secondary N) is 1. The van der Waals surface area contributed by atoms with E-state index in [9.17, 15) is 4.79 Å². The van der Waals surface area contributed by atoms with Gasteiger partial charge in [0.25, 0.3) is 0 Å². The lowest BCUT2D eigenvalue weighted by Gasteiger charge is -2.25. The summed E-state index contributed by atoms with van der Waals surface area (Å²) in [5.41, 5.74) is 5.88. The summed E-state index contributed by atoms with van der Waals surface area (Å²) in [6.45, 7) is 5.56. The Morgan fingerprint density at radius 2 is 2.07 bits per heavy atom. The maximum Gasteiger partial charge on any atom is 0.224 e. The molecule has 3 nitrogen and oxygen atoms in total. The molecule has 0 radical (unpaired) electrons. The number of hydrogen-bond donors (Lipinski definition) is 2. The molecule has 1 amide bonds. The molecule has 1 atom stereocenters. The number of carbonyl (C=O) groups is 1. The Balaban J connectivity index is 2.32. The van der Waals surface area contributed by atoms with Crippen LogP contribution in [0, 0.1) is 11.3 Å². The van der Waals surface area contributed by atoms with Crippen LogP contribution in [0.4, 0.5) is 0 Å². The highest BCUT2D eigenvalue weighted by Crippen LogP contribution is 2.36. The minimum absolute atomic E-state index is 0.00463. The highest BCUT2D eigenvalue weighted by Gasteiger charge is 2.29. The molecule has 0 bridgehead atoms. The third-order valence-corrected chi connectivity index (χ3v) is 3.65. The van der Waals surface area contributed by atoms with E-state index < -0.39 is 0 Å². The van der Waals surface area contributed by atoms with Gasteiger partial charge in [-0.2, -0.15) is 0 Å². The number of amides is 1. The standard InChI is InChI=1S/C12H24N2O/c1-3-10(8-13)11(15)14-9-12(2)6-4-5-7-12/h10H,3-9,13H2,1-2H3,(H,14,15). The first-order valence-electron chi connectivity index (χ1n) is 6.09. The zero-order valence-corrected chi connectivity index (χ0v) is 10.0. The van der Waals surface area contributed by atoms with Crippen LogP contribution >= 0.6 is 0 Å². The van der Waals surface area contributed by atoms with Crippen molar-refractivity contribution in [2.75, 3.05) is 13.1 Å². The van der Waals surface area contributed by atoms with Crippen LogP contribution in [0.15, 0.2) is 0 Å². The van der Waals surface area contributed by atoms with E-state index >= 15 is 0 Å².